The van der Waals surface area contributed by atoms with Crippen LogP contribution in [0.1, 0.15) is 27.0 Å². The zero-order valence-corrected chi connectivity index (χ0v) is 16.6. The summed E-state index contributed by atoms with van der Waals surface area (Å²) in [5, 5.41) is 5.31. The lowest BCUT2D eigenvalue weighted by atomic mass is 10.1. The van der Waals surface area contributed by atoms with Crippen LogP contribution in [0.25, 0.3) is 10.8 Å². The summed E-state index contributed by atoms with van der Waals surface area (Å²) in [6.45, 7) is 4.50. The topological polar surface area (TPSA) is 38.3 Å². The van der Waals surface area contributed by atoms with Crippen LogP contribution in [-0.4, -0.2) is 5.91 Å². The van der Waals surface area contributed by atoms with Crippen molar-refractivity contribution in [3.8, 4) is 5.75 Å². The maximum atomic E-state index is 12.5. The van der Waals surface area contributed by atoms with Crippen molar-refractivity contribution in [3.05, 3.63) is 107 Å². The van der Waals surface area contributed by atoms with Gasteiger partial charge in [0.15, 0.2) is 0 Å². The molecule has 0 saturated carbocycles. The van der Waals surface area contributed by atoms with Crippen molar-refractivity contribution in [1.29, 1.82) is 0 Å². The maximum Gasteiger partial charge on any atom is 0.255 e. The molecule has 0 heterocycles. The van der Waals surface area contributed by atoms with Crippen molar-refractivity contribution >= 4 is 22.4 Å². The van der Waals surface area contributed by atoms with Crippen molar-refractivity contribution in [2.45, 2.75) is 20.5 Å². The molecule has 3 nitrogen and oxygen atoms in total. The van der Waals surface area contributed by atoms with Gasteiger partial charge in [0.25, 0.3) is 5.91 Å². The highest BCUT2D eigenvalue weighted by molar-refractivity contribution is 6.04. The number of nitrogens with one attached hydrogen (secondary N) is 1. The lowest BCUT2D eigenvalue weighted by Crippen LogP contribution is -2.12. The lowest BCUT2D eigenvalue weighted by Gasteiger charge is -2.10. The van der Waals surface area contributed by atoms with Crippen LogP contribution in [0.4, 0.5) is 5.69 Å². The minimum Gasteiger partial charge on any atom is -0.489 e. The minimum atomic E-state index is -0.114. The number of ether oxygens (including phenoxy) is 1. The summed E-state index contributed by atoms with van der Waals surface area (Å²) in [5.74, 6) is 0.720. The predicted octanol–water partition coefficient (Wildman–Crippen LogP) is 6.29. The summed E-state index contributed by atoms with van der Waals surface area (Å²) < 4.78 is 5.92. The summed E-state index contributed by atoms with van der Waals surface area (Å²) in [7, 11) is 0. The van der Waals surface area contributed by atoms with Crippen LogP contribution in [0.2, 0.25) is 0 Å². The molecule has 0 fully saturated rings. The van der Waals surface area contributed by atoms with Crippen LogP contribution in [0.5, 0.6) is 5.75 Å². The minimum absolute atomic E-state index is 0.114. The monoisotopic (exact) mass is 381 g/mol. The Balaban J connectivity index is 1.39. The van der Waals surface area contributed by atoms with Gasteiger partial charge in [-0.15, -0.1) is 0 Å². The molecule has 3 heteroatoms. The first kappa shape index (κ1) is 18.8. The second-order valence-electron chi connectivity index (χ2n) is 7.33. The summed E-state index contributed by atoms with van der Waals surface area (Å²) in [5.41, 5.74) is 4.71. The zero-order chi connectivity index (χ0) is 20.2. The lowest BCUT2D eigenvalue weighted by molar-refractivity contribution is 0.102. The van der Waals surface area contributed by atoms with E-state index in [0.717, 1.165) is 33.5 Å². The molecule has 0 bridgehead atoms. The number of amides is 1. The molecular formula is C26H23NO2. The van der Waals surface area contributed by atoms with Crippen molar-refractivity contribution in [1.82, 2.24) is 0 Å². The Kier molecular flexibility index (Phi) is 5.30. The van der Waals surface area contributed by atoms with Crippen LogP contribution in [0.3, 0.4) is 0 Å². The Hall–Kier alpha value is -3.59. The van der Waals surface area contributed by atoms with E-state index in [1.54, 1.807) is 0 Å². The van der Waals surface area contributed by atoms with Gasteiger partial charge in [0.2, 0.25) is 0 Å². The quantitative estimate of drug-likeness (QED) is 0.441. The first-order valence-electron chi connectivity index (χ1n) is 9.67. The summed E-state index contributed by atoms with van der Waals surface area (Å²) in [6.07, 6.45) is 0. The third-order valence-corrected chi connectivity index (χ3v) is 4.82. The van der Waals surface area contributed by atoms with E-state index < -0.39 is 0 Å². The van der Waals surface area contributed by atoms with E-state index in [-0.39, 0.29) is 5.91 Å². The van der Waals surface area contributed by atoms with Crippen molar-refractivity contribution in [2.24, 2.45) is 0 Å². The predicted molar refractivity (Wildman–Crippen MR) is 119 cm³/mol. The van der Waals surface area contributed by atoms with Gasteiger partial charge < -0.3 is 10.1 Å². The highest BCUT2D eigenvalue weighted by Gasteiger charge is 2.07. The van der Waals surface area contributed by atoms with Crippen LogP contribution in [0, 0.1) is 13.8 Å². The molecule has 0 saturated heterocycles. The van der Waals surface area contributed by atoms with Crippen molar-refractivity contribution < 1.29 is 9.53 Å². The number of aryl methyl sites for hydroxylation is 2. The molecule has 4 aromatic carbocycles. The molecule has 0 radical (unpaired) electrons. The Bertz CT molecular complexity index is 1140. The van der Waals surface area contributed by atoms with Gasteiger partial charge in [0.1, 0.15) is 12.4 Å². The largest absolute Gasteiger partial charge is 0.489 e. The van der Waals surface area contributed by atoms with Crippen molar-refractivity contribution in [3.63, 3.8) is 0 Å². The molecule has 29 heavy (non-hydrogen) atoms. The van der Waals surface area contributed by atoms with E-state index in [1.165, 1.54) is 5.39 Å². The number of carbonyl (C=O) groups is 1. The third-order valence-electron chi connectivity index (χ3n) is 4.82. The molecule has 1 amide bonds. The molecule has 4 rings (SSSR count). The number of anilines is 1. The molecule has 0 spiro atoms. The maximum absolute atomic E-state index is 12.5. The fourth-order valence-corrected chi connectivity index (χ4v) is 3.43. The number of hydrogen-bond acceptors (Lipinski definition) is 2. The van der Waals surface area contributed by atoms with Gasteiger partial charge in [-0.3, -0.25) is 4.79 Å². The molecule has 0 aliphatic carbocycles. The Morgan fingerprint density at radius 2 is 1.48 bits per heavy atom. The molecule has 0 aliphatic rings. The molecule has 0 aromatic heterocycles. The summed E-state index contributed by atoms with van der Waals surface area (Å²) in [4.78, 5) is 12.5. The fraction of sp³-hybridized carbons (Fsp3) is 0.115. The average molecular weight is 381 g/mol. The van der Waals surface area contributed by atoms with Crippen LogP contribution < -0.4 is 10.1 Å². The van der Waals surface area contributed by atoms with E-state index in [1.807, 2.05) is 74.5 Å². The number of hydrogen-bond donors (Lipinski definition) is 1. The summed E-state index contributed by atoms with van der Waals surface area (Å²) >= 11 is 0. The van der Waals surface area contributed by atoms with Gasteiger partial charge in [-0.25, -0.2) is 0 Å². The Morgan fingerprint density at radius 1 is 0.793 bits per heavy atom. The zero-order valence-electron chi connectivity index (χ0n) is 16.6. The van der Waals surface area contributed by atoms with Gasteiger partial charge >= 0.3 is 0 Å². The van der Waals surface area contributed by atoms with E-state index in [9.17, 15) is 4.79 Å². The molecule has 0 unspecified atom stereocenters. The molecular weight excluding hydrogens is 358 g/mol. The van der Waals surface area contributed by atoms with Crippen molar-refractivity contribution in [2.75, 3.05) is 5.32 Å². The molecule has 4 aromatic rings. The first-order chi connectivity index (χ1) is 14.1. The highest BCUT2D eigenvalue weighted by atomic mass is 16.5. The van der Waals surface area contributed by atoms with E-state index in [4.69, 9.17) is 4.74 Å². The van der Waals surface area contributed by atoms with E-state index >= 15 is 0 Å². The van der Waals surface area contributed by atoms with E-state index in [2.05, 4.69) is 29.6 Å². The molecule has 0 aliphatic heterocycles. The standard InChI is InChI=1S/C26H23NO2/c1-18-13-19(2)15-24(14-18)27-26(28)22-9-7-20(8-10-22)17-29-25-12-11-21-5-3-4-6-23(21)16-25/h3-16H,17H2,1-2H3,(H,27,28). The SMILES string of the molecule is Cc1cc(C)cc(NC(=O)c2ccc(COc3ccc4ccccc4c3)cc2)c1. The van der Waals surface area contributed by atoms with Gasteiger partial charge in [-0.05, 0) is 77.7 Å². The molecule has 0 atom stereocenters. The fourth-order valence-electron chi connectivity index (χ4n) is 3.43. The number of fused-ring (bicyclic) bond motifs is 1. The summed E-state index contributed by atoms with van der Waals surface area (Å²) in [6, 6.07) is 27.8. The molecule has 1 N–H and O–H groups in total. The van der Waals surface area contributed by atoms with Gasteiger partial charge in [0, 0.05) is 11.3 Å². The van der Waals surface area contributed by atoms with Gasteiger partial charge in [-0.2, -0.15) is 0 Å². The highest BCUT2D eigenvalue weighted by Crippen LogP contribution is 2.21. The number of carbonyl (C=O) groups excluding carboxylic acids is 1. The normalized spacial score (nSPS) is 10.7. The van der Waals surface area contributed by atoms with E-state index in [0.29, 0.717) is 12.2 Å². The van der Waals surface area contributed by atoms with Crippen LogP contribution in [-0.2, 0) is 6.61 Å². The molecule has 144 valence electrons. The van der Waals surface area contributed by atoms with Crippen LogP contribution in [0.15, 0.2) is 84.9 Å². The Morgan fingerprint density at radius 3 is 2.21 bits per heavy atom. The second-order valence-corrected chi connectivity index (χ2v) is 7.33. The van der Waals surface area contributed by atoms with Gasteiger partial charge in [0.05, 0.1) is 0 Å². The Labute approximate surface area is 171 Å². The number of benzene rings is 4. The van der Waals surface area contributed by atoms with Gasteiger partial charge in [-0.1, -0.05) is 48.5 Å². The smallest absolute Gasteiger partial charge is 0.255 e. The number of rotatable bonds is 5. The average Bonchev–Trinajstić information content (AvgIpc) is 2.71. The second kappa shape index (κ2) is 8.19. The van der Waals surface area contributed by atoms with Crippen LogP contribution >= 0.6 is 0 Å². The third kappa shape index (κ3) is 4.64. The first-order valence-corrected chi connectivity index (χ1v) is 9.67.